The molecule has 0 amide bonds. The molecule has 22 heavy (non-hydrogen) atoms. The maximum absolute atomic E-state index is 14.0. The van der Waals surface area contributed by atoms with Crippen molar-refractivity contribution in [1.82, 2.24) is 9.97 Å². The van der Waals surface area contributed by atoms with Gasteiger partial charge in [-0.2, -0.15) is 0 Å². The zero-order valence-corrected chi connectivity index (χ0v) is 13.6. The standard InChI is InChI=1S/C11H6BrClF3N3O2S/c12-5-2-6(14)4(1-7(5)22(17,20)21)9-8(13)10(11(15)16)19-3-18-9/h1-3,11H,(H2,17,20,21). The fourth-order valence-electron chi connectivity index (χ4n) is 1.65. The Morgan fingerprint density at radius 3 is 2.45 bits per heavy atom. The highest BCUT2D eigenvalue weighted by molar-refractivity contribution is 9.10. The molecule has 0 aliphatic heterocycles. The van der Waals surface area contributed by atoms with Gasteiger partial charge in [-0.3, -0.25) is 0 Å². The number of halogens is 5. The molecule has 118 valence electrons. The highest BCUT2D eigenvalue weighted by atomic mass is 79.9. The number of sulfonamides is 1. The Hall–Kier alpha value is -1.23. The van der Waals surface area contributed by atoms with Gasteiger partial charge in [-0.25, -0.2) is 36.7 Å². The third-order valence-electron chi connectivity index (χ3n) is 2.61. The summed E-state index contributed by atoms with van der Waals surface area (Å²) in [4.78, 5) is 6.52. The first kappa shape index (κ1) is 17.1. The van der Waals surface area contributed by atoms with E-state index in [0.29, 0.717) is 0 Å². The average molecular weight is 417 g/mol. The van der Waals surface area contributed by atoms with Crippen LogP contribution in [-0.4, -0.2) is 18.4 Å². The van der Waals surface area contributed by atoms with Crippen LogP contribution in [0.1, 0.15) is 12.1 Å². The van der Waals surface area contributed by atoms with Crippen molar-refractivity contribution in [3.8, 4) is 11.3 Å². The number of nitrogens with zero attached hydrogens (tertiary/aromatic N) is 2. The van der Waals surface area contributed by atoms with Gasteiger partial charge in [0.05, 0.1) is 15.6 Å². The molecule has 1 aromatic carbocycles. The molecular formula is C11H6BrClF3N3O2S. The number of primary sulfonamides is 1. The van der Waals surface area contributed by atoms with Crippen molar-refractivity contribution in [3.05, 3.63) is 39.5 Å². The molecule has 0 atom stereocenters. The normalized spacial score (nSPS) is 12.0. The Balaban J connectivity index is 2.76. The highest BCUT2D eigenvalue weighted by Crippen LogP contribution is 2.36. The van der Waals surface area contributed by atoms with Gasteiger partial charge < -0.3 is 0 Å². The molecule has 0 radical (unpaired) electrons. The van der Waals surface area contributed by atoms with Gasteiger partial charge in [-0.15, -0.1) is 0 Å². The molecule has 0 unspecified atom stereocenters. The number of benzene rings is 1. The lowest BCUT2D eigenvalue weighted by molar-refractivity contribution is 0.146. The monoisotopic (exact) mass is 415 g/mol. The number of nitrogens with two attached hydrogens (primary N) is 1. The largest absolute Gasteiger partial charge is 0.281 e. The number of rotatable bonds is 3. The molecule has 0 aliphatic carbocycles. The van der Waals surface area contributed by atoms with Gasteiger partial charge in [-0.05, 0) is 28.1 Å². The zero-order valence-electron chi connectivity index (χ0n) is 10.4. The van der Waals surface area contributed by atoms with Crippen LogP contribution in [0.5, 0.6) is 0 Å². The Bertz CT molecular complexity index is 849. The molecule has 1 heterocycles. The van der Waals surface area contributed by atoms with Gasteiger partial charge >= 0.3 is 0 Å². The Morgan fingerprint density at radius 2 is 1.91 bits per heavy atom. The van der Waals surface area contributed by atoms with Crippen LogP contribution < -0.4 is 5.14 Å². The maximum Gasteiger partial charge on any atom is 0.281 e. The molecule has 0 aliphatic rings. The fraction of sp³-hybridized carbons (Fsp3) is 0.0909. The predicted octanol–water partition coefficient (Wildman–Crippen LogP) is 3.28. The molecule has 1 aromatic heterocycles. The quantitative estimate of drug-likeness (QED) is 0.832. The Labute approximate surface area is 136 Å². The smallest absolute Gasteiger partial charge is 0.235 e. The predicted molar refractivity (Wildman–Crippen MR) is 76.5 cm³/mol. The summed E-state index contributed by atoms with van der Waals surface area (Å²) >= 11 is 8.61. The molecule has 2 rings (SSSR count). The molecule has 2 aromatic rings. The lowest BCUT2D eigenvalue weighted by atomic mass is 10.1. The summed E-state index contributed by atoms with van der Waals surface area (Å²) in [6, 6.07) is 1.69. The number of alkyl halides is 2. The van der Waals surface area contributed by atoms with Gasteiger partial charge in [0.25, 0.3) is 6.43 Å². The summed E-state index contributed by atoms with van der Waals surface area (Å²) in [6.45, 7) is 0. The molecule has 0 saturated carbocycles. The van der Waals surface area contributed by atoms with E-state index in [9.17, 15) is 21.6 Å². The third kappa shape index (κ3) is 3.24. The lowest BCUT2D eigenvalue weighted by Gasteiger charge is -2.10. The van der Waals surface area contributed by atoms with Crippen LogP contribution in [-0.2, 0) is 10.0 Å². The molecular weight excluding hydrogens is 411 g/mol. The maximum atomic E-state index is 14.0. The Morgan fingerprint density at radius 1 is 1.27 bits per heavy atom. The summed E-state index contributed by atoms with van der Waals surface area (Å²) in [6.07, 6.45) is -2.22. The lowest BCUT2D eigenvalue weighted by Crippen LogP contribution is -2.13. The second kappa shape index (κ2) is 6.11. The second-order valence-corrected chi connectivity index (χ2v) is 6.79. The van der Waals surface area contributed by atoms with E-state index in [4.69, 9.17) is 16.7 Å². The van der Waals surface area contributed by atoms with E-state index in [2.05, 4.69) is 25.9 Å². The Kier molecular flexibility index (Phi) is 4.76. The minimum atomic E-state index is -4.17. The first-order chi connectivity index (χ1) is 10.1. The highest BCUT2D eigenvalue weighted by Gasteiger charge is 2.23. The summed E-state index contributed by atoms with van der Waals surface area (Å²) in [7, 11) is -4.17. The number of hydrogen-bond acceptors (Lipinski definition) is 4. The SMILES string of the molecule is NS(=O)(=O)c1cc(-c2ncnc(C(F)F)c2Cl)c(F)cc1Br. The van der Waals surface area contributed by atoms with Gasteiger partial charge in [0, 0.05) is 10.0 Å². The van der Waals surface area contributed by atoms with Crippen molar-refractivity contribution in [2.24, 2.45) is 5.14 Å². The first-order valence-corrected chi connectivity index (χ1v) is 8.15. The molecule has 0 bridgehead atoms. The van der Waals surface area contributed by atoms with Crippen molar-refractivity contribution >= 4 is 37.6 Å². The van der Waals surface area contributed by atoms with Crippen molar-refractivity contribution in [1.29, 1.82) is 0 Å². The van der Waals surface area contributed by atoms with Gasteiger partial charge in [0.1, 0.15) is 17.8 Å². The summed E-state index contributed by atoms with van der Waals surface area (Å²) < 4.78 is 62.4. The molecule has 0 spiro atoms. The van der Waals surface area contributed by atoms with Crippen molar-refractivity contribution < 1.29 is 21.6 Å². The van der Waals surface area contributed by atoms with Crippen molar-refractivity contribution in [2.75, 3.05) is 0 Å². The van der Waals surface area contributed by atoms with E-state index in [0.717, 1.165) is 18.5 Å². The third-order valence-corrected chi connectivity index (χ3v) is 4.85. The van der Waals surface area contributed by atoms with E-state index in [1.54, 1.807) is 0 Å². The summed E-state index contributed by atoms with van der Waals surface area (Å²) in [5, 5.41) is 4.43. The zero-order chi connectivity index (χ0) is 16.7. The van der Waals surface area contributed by atoms with Gasteiger partial charge in [0.2, 0.25) is 10.0 Å². The second-order valence-electron chi connectivity index (χ2n) is 4.03. The van der Waals surface area contributed by atoms with Crippen LogP contribution in [0.2, 0.25) is 5.02 Å². The van der Waals surface area contributed by atoms with Crippen LogP contribution in [0.3, 0.4) is 0 Å². The summed E-state index contributed by atoms with van der Waals surface area (Å²) in [5.41, 5.74) is -1.53. The van der Waals surface area contributed by atoms with Crippen LogP contribution in [0.15, 0.2) is 27.8 Å². The minimum absolute atomic E-state index is 0.115. The van der Waals surface area contributed by atoms with Crippen molar-refractivity contribution in [3.63, 3.8) is 0 Å². The van der Waals surface area contributed by atoms with E-state index < -0.39 is 37.9 Å². The summed E-state index contributed by atoms with van der Waals surface area (Å²) in [5.74, 6) is -0.917. The van der Waals surface area contributed by atoms with E-state index in [1.165, 1.54) is 0 Å². The van der Waals surface area contributed by atoms with E-state index >= 15 is 0 Å². The molecule has 0 saturated heterocycles. The van der Waals surface area contributed by atoms with Gasteiger partial charge in [-0.1, -0.05) is 11.6 Å². The fourth-order valence-corrected chi connectivity index (χ4v) is 3.54. The van der Waals surface area contributed by atoms with Crippen molar-refractivity contribution in [2.45, 2.75) is 11.3 Å². The molecule has 2 N–H and O–H groups in total. The van der Waals surface area contributed by atoms with Crippen LogP contribution in [0, 0.1) is 5.82 Å². The topological polar surface area (TPSA) is 85.9 Å². The molecule has 5 nitrogen and oxygen atoms in total. The number of hydrogen-bond donors (Lipinski definition) is 1. The van der Waals surface area contributed by atoms with E-state index in [1.807, 2.05) is 0 Å². The average Bonchev–Trinajstić information content (AvgIpc) is 2.38. The first-order valence-electron chi connectivity index (χ1n) is 5.43. The van der Waals surface area contributed by atoms with Crippen LogP contribution in [0.25, 0.3) is 11.3 Å². The molecule has 11 heteroatoms. The minimum Gasteiger partial charge on any atom is -0.235 e. The van der Waals surface area contributed by atoms with Gasteiger partial charge in [0.15, 0.2) is 0 Å². The molecule has 0 fully saturated rings. The van der Waals surface area contributed by atoms with Crippen LogP contribution >= 0.6 is 27.5 Å². The van der Waals surface area contributed by atoms with E-state index in [-0.39, 0.29) is 15.7 Å². The van der Waals surface area contributed by atoms with Crippen LogP contribution in [0.4, 0.5) is 13.2 Å². The number of aromatic nitrogens is 2.